The molecule has 0 saturated carbocycles. The van der Waals surface area contributed by atoms with Crippen LogP contribution in [-0.2, 0) is 0 Å². The number of aromatic nitrogens is 1. The van der Waals surface area contributed by atoms with Gasteiger partial charge in [-0.05, 0) is 18.2 Å². The zero-order valence-corrected chi connectivity index (χ0v) is 10.3. The van der Waals surface area contributed by atoms with E-state index in [1.165, 1.54) is 12.3 Å². The number of rotatable bonds is 2. The standard InChI is InChI=1S/C12H5Cl2F2NO/c13-6-3-9(14)11(17-5-6)12(18)8-2-1-7(15)4-10(8)16/h1-5H. The number of hydrogen-bond acceptors (Lipinski definition) is 2. The van der Waals surface area contributed by atoms with Gasteiger partial charge in [0.2, 0.25) is 5.78 Å². The van der Waals surface area contributed by atoms with E-state index < -0.39 is 17.4 Å². The Morgan fingerprint density at radius 2 is 1.89 bits per heavy atom. The van der Waals surface area contributed by atoms with Crippen molar-refractivity contribution in [2.24, 2.45) is 0 Å². The lowest BCUT2D eigenvalue weighted by Gasteiger charge is -2.04. The molecule has 0 saturated heterocycles. The van der Waals surface area contributed by atoms with Gasteiger partial charge < -0.3 is 0 Å². The fourth-order valence-corrected chi connectivity index (χ4v) is 1.85. The third kappa shape index (κ3) is 2.49. The van der Waals surface area contributed by atoms with Crippen LogP contribution in [0.25, 0.3) is 0 Å². The molecule has 6 heteroatoms. The van der Waals surface area contributed by atoms with E-state index in [2.05, 4.69) is 4.98 Å². The van der Waals surface area contributed by atoms with Crippen LogP contribution < -0.4 is 0 Å². The van der Waals surface area contributed by atoms with Crippen LogP contribution >= 0.6 is 23.2 Å². The molecule has 2 aromatic rings. The van der Waals surface area contributed by atoms with E-state index in [-0.39, 0.29) is 21.3 Å². The molecule has 2 nitrogen and oxygen atoms in total. The molecular weight excluding hydrogens is 283 g/mol. The molecule has 1 heterocycles. The van der Waals surface area contributed by atoms with E-state index in [1.807, 2.05) is 0 Å². The summed E-state index contributed by atoms with van der Waals surface area (Å²) < 4.78 is 26.2. The topological polar surface area (TPSA) is 30.0 Å². The number of carbonyl (C=O) groups excluding carboxylic acids is 1. The Hall–Kier alpha value is -1.52. The highest BCUT2D eigenvalue weighted by atomic mass is 35.5. The molecule has 0 fully saturated rings. The van der Waals surface area contributed by atoms with E-state index in [0.29, 0.717) is 6.07 Å². The fraction of sp³-hybridized carbons (Fsp3) is 0. The van der Waals surface area contributed by atoms with Gasteiger partial charge in [-0.15, -0.1) is 0 Å². The van der Waals surface area contributed by atoms with Crippen LogP contribution in [-0.4, -0.2) is 10.8 Å². The molecule has 0 aliphatic rings. The van der Waals surface area contributed by atoms with E-state index in [4.69, 9.17) is 23.2 Å². The summed E-state index contributed by atoms with van der Waals surface area (Å²) in [5, 5.41) is 0.271. The Morgan fingerprint density at radius 3 is 2.50 bits per heavy atom. The van der Waals surface area contributed by atoms with Crippen molar-refractivity contribution in [3.63, 3.8) is 0 Å². The second-order valence-corrected chi connectivity index (χ2v) is 4.28. The number of benzene rings is 1. The van der Waals surface area contributed by atoms with Crippen LogP contribution in [0.2, 0.25) is 10.0 Å². The minimum Gasteiger partial charge on any atom is -0.287 e. The van der Waals surface area contributed by atoms with Crippen LogP contribution in [0.3, 0.4) is 0 Å². The third-order valence-corrected chi connectivity index (χ3v) is 2.69. The van der Waals surface area contributed by atoms with E-state index >= 15 is 0 Å². The quantitative estimate of drug-likeness (QED) is 0.784. The number of pyridine rings is 1. The minimum absolute atomic E-state index is 0.0104. The summed E-state index contributed by atoms with van der Waals surface area (Å²) >= 11 is 11.4. The normalized spacial score (nSPS) is 10.4. The molecule has 0 unspecified atom stereocenters. The van der Waals surface area contributed by atoms with E-state index in [1.54, 1.807) is 0 Å². The van der Waals surface area contributed by atoms with Gasteiger partial charge in [0, 0.05) is 12.3 Å². The van der Waals surface area contributed by atoms with Crippen molar-refractivity contribution in [2.75, 3.05) is 0 Å². The van der Waals surface area contributed by atoms with Gasteiger partial charge in [-0.2, -0.15) is 0 Å². The van der Waals surface area contributed by atoms with Crippen molar-refractivity contribution in [3.8, 4) is 0 Å². The monoisotopic (exact) mass is 287 g/mol. The minimum atomic E-state index is -0.965. The molecule has 18 heavy (non-hydrogen) atoms. The largest absolute Gasteiger partial charge is 0.287 e. The summed E-state index contributed by atoms with van der Waals surface area (Å²) in [6, 6.07) is 3.97. The van der Waals surface area contributed by atoms with Crippen molar-refractivity contribution in [1.82, 2.24) is 4.98 Å². The molecule has 0 bridgehead atoms. The predicted octanol–water partition coefficient (Wildman–Crippen LogP) is 3.90. The smallest absolute Gasteiger partial charge is 0.215 e. The predicted molar refractivity (Wildman–Crippen MR) is 64.0 cm³/mol. The van der Waals surface area contributed by atoms with Gasteiger partial charge in [0.15, 0.2) is 0 Å². The highest BCUT2D eigenvalue weighted by molar-refractivity contribution is 6.37. The summed E-state index contributed by atoms with van der Waals surface area (Å²) in [6.07, 6.45) is 1.22. The summed E-state index contributed by atoms with van der Waals surface area (Å²) in [5.41, 5.74) is -0.431. The van der Waals surface area contributed by atoms with Gasteiger partial charge in [-0.1, -0.05) is 23.2 Å². The SMILES string of the molecule is O=C(c1ccc(F)cc1F)c1ncc(Cl)cc1Cl. The molecule has 1 aromatic heterocycles. The van der Waals surface area contributed by atoms with Gasteiger partial charge in [-0.3, -0.25) is 4.79 Å². The molecular formula is C12H5Cl2F2NO. The molecule has 0 spiro atoms. The second kappa shape index (κ2) is 5.00. The summed E-state index contributed by atoms with van der Waals surface area (Å²) in [6.45, 7) is 0. The maximum Gasteiger partial charge on any atom is 0.215 e. The lowest BCUT2D eigenvalue weighted by atomic mass is 10.1. The number of nitrogens with zero attached hydrogens (tertiary/aromatic N) is 1. The van der Waals surface area contributed by atoms with E-state index in [9.17, 15) is 13.6 Å². The summed E-state index contributed by atoms with van der Waals surface area (Å²) in [7, 11) is 0. The number of hydrogen-bond donors (Lipinski definition) is 0. The first-order valence-corrected chi connectivity index (χ1v) is 5.55. The van der Waals surface area contributed by atoms with Gasteiger partial charge in [0.05, 0.1) is 15.6 Å². The lowest BCUT2D eigenvalue weighted by Crippen LogP contribution is -2.07. The molecule has 0 radical (unpaired) electrons. The Bertz CT molecular complexity index is 578. The first-order valence-electron chi connectivity index (χ1n) is 4.80. The molecule has 92 valence electrons. The van der Waals surface area contributed by atoms with Crippen molar-refractivity contribution in [3.05, 3.63) is 63.4 Å². The summed E-state index contributed by atoms with van der Waals surface area (Å²) in [5.74, 6) is -2.46. The zero-order valence-electron chi connectivity index (χ0n) is 8.75. The highest BCUT2D eigenvalue weighted by Gasteiger charge is 2.18. The maximum absolute atomic E-state index is 13.4. The van der Waals surface area contributed by atoms with Crippen LogP contribution in [0.4, 0.5) is 8.78 Å². The van der Waals surface area contributed by atoms with Gasteiger partial charge in [0.1, 0.15) is 17.3 Å². The molecule has 2 rings (SSSR count). The summed E-state index contributed by atoms with van der Waals surface area (Å²) in [4.78, 5) is 15.7. The molecule has 0 aliphatic heterocycles. The zero-order chi connectivity index (χ0) is 13.3. The van der Waals surface area contributed by atoms with Crippen LogP contribution in [0.1, 0.15) is 16.1 Å². The Balaban J connectivity index is 2.48. The number of halogens is 4. The lowest BCUT2D eigenvalue weighted by molar-refractivity contribution is 0.103. The Morgan fingerprint density at radius 1 is 1.17 bits per heavy atom. The van der Waals surface area contributed by atoms with Crippen molar-refractivity contribution in [1.29, 1.82) is 0 Å². The van der Waals surface area contributed by atoms with Crippen LogP contribution in [0.15, 0.2) is 30.5 Å². The molecule has 0 atom stereocenters. The Kier molecular flexibility index (Phi) is 3.59. The highest BCUT2D eigenvalue weighted by Crippen LogP contribution is 2.22. The third-order valence-electron chi connectivity index (χ3n) is 2.20. The first kappa shape index (κ1) is 12.9. The molecule has 0 N–H and O–H groups in total. The van der Waals surface area contributed by atoms with Crippen LogP contribution in [0.5, 0.6) is 0 Å². The van der Waals surface area contributed by atoms with Gasteiger partial charge >= 0.3 is 0 Å². The van der Waals surface area contributed by atoms with Crippen molar-refractivity contribution in [2.45, 2.75) is 0 Å². The van der Waals surface area contributed by atoms with Crippen LogP contribution in [0, 0.1) is 11.6 Å². The molecule has 0 aliphatic carbocycles. The van der Waals surface area contributed by atoms with Crippen molar-refractivity contribution < 1.29 is 13.6 Å². The Labute approximate surface area is 111 Å². The van der Waals surface area contributed by atoms with Gasteiger partial charge in [-0.25, -0.2) is 13.8 Å². The second-order valence-electron chi connectivity index (χ2n) is 3.44. The number of carbonyl (C=O) groups is 1. The number of ketones is 1. The maximum atomic E-state index is 13.4. The van der Waals surface area contributed by atoms with Gasteiger partial charge in [0.25, 0.3) is 0 Å². The average molecular weight is 288 g/mol. The fourth-order valence-electron chi connectivity index (χ4n) is 1.38. The van der Waals surface area contributed by atoms with E-state index in [0.717, 1.165) is 12.1 Å². The molecule has 1 aromatic carbocycles. The van der Waals surface area contributed by atoms with Crippen molar-refractivity contribution >= 4 is 29.0 Å². The average Bonchev–Trinajstić information content (AvgIpc) is 2.28. The molecule has 0 amide bonds. The first-order chi connectivity index (χ1) is 8.49.